The van der Waals surface area contributed by atoms with Gasteiger partial charge in [0.25, 0.3) is 5.91 Å². The van der Waals surface area contributed by atoms with E-state index in [-0.39, 0.29) is 29.9 Å². The van der Waals surface area contributed by atoms with Crippen molar-refractivity contribution in [3.63, 3.8) is 0 Å². The van der Waals surface area contributed by atoms with Crippen molar-refractivity contribution in [3.8, 4) is 11.5 Å². The SMILES string of the molecule is CCCCCCCCCCCCCCCCOc1ccc(C(=O)NCc2ccc[n+](CC)c2)cc1OC.[I-]. The minimum absolute atomic E-state index is 0. The molecular weight excluding hydrogens is 587 g/mol. The van der Waals surface area contributed by atoms with Gasteiger partial charge < -0.3 is 38.8 Å². The summed E-state index contributed by atoms with van der Waals surface area (Å²) in [6.07, 6.45) is 22.9. The van der Waals surface area contributed by atoms with Crippen molar-refractivity contribution in [1.29, 1.82) is 0 Å². The van der Waals surface area contributed by atoms with E-state index in [2.05, 4.69) is 29.9 Å². The highest BCUT2D eigenvalue weighted by Gasteiger charge is 2.12. The zero-order valence-corrected chi connectivity index (χ0v) is 26.3. The van der Waals surface area contributed by atoms with E-state index < -0.39 is 0 Å². The molecule has 0 fully saturated rings. The number of rotatable bonds is 21. The van der Waals surface area contributed by atoms with Crippen LogP contribution >= 0.6 is 0 Å². The van der Waals surface area contributed by atoms with Crippen LogP contribution in [0.5, 0.6) is 11.5 Å². The van der Waals surface area contributed by atoms with E-state index in [1.165, 1.54) is 83.5 Å². The fourth-order valence-electron chi connectivity index (χ4n) is 4.57. The molecule has 214 valence electrons. The Kier molecular flexibility index (Phi) is 19.8. The quantitative estimate of drug-likeness (QED) is 0.122. The van der Waals surface area contributed by atoms with Crippen LogP contribution in [0.4, 0.5) is 0 Å². The summed E-state index contributed by atoms with van der Waals surface area (Å²) in [6, 6.07) is 9.41. The first-order valence-electron chi connectivity index (χ1n) is 14.7. The van der Waals surface area contributed by atoms with Gasteiger partial charge in [0.1, 0.15) is 6.54 Å². The van der Waals surface area contributed by atoms with Crippen LogP contribution in [0.25, 0.3) is 0 Å². The minimum atomic E-state index is -0.122. The van der Waals surface area contributed by atoms with Gasteiger partial charge in [0.2, 0.25) is 0 Å². The molecule has 1 aromatic carbocycles. The Bertz CT molecular complexity index is 891. The van der Waals surface area contributed by atoms with E-state index in [0.29, 0.717) is 30.2 Å². The molecular formula is C32H51IN2O3. The van der Waals surface area contributed by atoms with Gasteiger partial charge in [-0.1, -0.05) is 90.4 Å². The maximum Gasteiger partial charge on any atom is 0.251 e. The molecule has 1 aromatic heterocycles. The number of benzene rings is 1. The van der Waals surface area contributed by atoms with Crippen molar-refractivity contribution in [2.24, 2.45) is 0 Å². The number of methoxy groups -OCH3 is 1. The first-order valence-corrected chi connectivity index (χ1v) is 14.7. The van der Waals surface area contributed by atoms with Gasteiger partial charge in [-0.25, -0.2) is 4.57 Å². The first-order chi connectivity index (χ1) is 18.2. The predicted octanol–water partition coefficient (Wildman–Crippen LogP) is 4.80. The van der Waals surface area contributed by atoms with Gasteiger partial charge in [0, 0.05) is 23.7 Å². The summed E-state index contributed by atoms with van der Waals surface area (Å²) in [5, 5.41) is 2.99. The van der Waals surface area contributed by atoms with E-state index in [1.807, 2.05) is 24.4 Å². The number of amides is 1. The number of halogens is 1. The highest BCUT2D eigenvalue weighted by atomic mass is 127. The smallest absolute Gasteiger partial charge is 0.251 e. The Morgan fingerprint density at radius 3 is 2.00 bits per heavy atom. The molecule has 0 aliphatic heterocycles. The van der Waals surface area contributed by atoms with Crippen LogP contribution in [-0.4, -0.2) is 19.6 Å². The number of aryl methyl sites for hydroxylation is 1. The number of carbonyl (C=O) groups is 1. The molecule has 0 saturated carbocycles. The van der Waals surface area contributed by atoms with Gasteiger partial charge in [0.05, 0.1) is 13.7 Å². The van der Waals surface area contributed by atoms with Crippen molar-refractivity contribution in [2.45, 2.75) is 117 Å². The third-order valence-electron chi connectivity index (χ3n) is 6.92. The summed E-state index contributed by atoms with van der Waals surface area (Å²) in [7, 11) is 1.61. The molecule has 1 N–H and O–H groups in total. The number of nitrogens with one attached hydrogen (secondary N) is 1. The minimum Gasteiger partial charge on any atom is -1.00 e. The maximum absolute atomic E-state index is 12.6. The lowest BCUT2D eigenvalue weighted by Gasteiger charge is -2.12. The normalized spacial score (nSPS) is 10.6. The number of carbonyl (C=O) groups excluding carboxylic acids is 1. The molecule has 0 aliphatic carbocycles. The number of hydrogen-bond donors (Lipinski definition) is 1. The van der Waals surface area contributed by atoms with Crippen molar-refractivity contribution in [1.82, 2.24) is 5.32 Å². The summed E-state index contributed by atoms with van der Waals surface area (Å²) in [4.78, 5) is 12.6. The molecule has 0 saturated heterocycles. The highest BCUT2D eigenvalue weighted by Crippen LogP contribution is 2.28. The molecule has 0 spiro atoms. The highest BCUT2D eigenvalue weighted by molar-refractivity contribution is 5.94. The molecule has 2 aromatic rings. The number of unbranched alkanes of at least 4 members (excludes halogenated alkanes) is 13. The Morgan fingerprint density at radius 2 is 1.42 bits per heavy atom. The van der Waals surface area contributed by atoms with Crippen LogP contribution in [0.15, 0.2) is 42.7 Å². The van der Waals surface area contributed by atoms with E-state index in [9.17, 15) is 4.79 Å². The van der Waals surface area contributed by atoms with Crippen molar-refractivity contribution in [2.75, 3.05) is 13.7 Å². The van der Waals surface area contributed by atoms with Crippen LogP contribution in [0.2, 0.25) is 0 Å². The molecule has 5 nitrogen and oxygen atoms in total. The largest absolute Gasteiger partial charge is 1.00 e. The predicted molar refractivity (Wildman–Crippen MR) is 152 cm³/mol. The number of ether oxygens (including phenoxy) is 2. The van der Waals surface area contributed by atoms with Gasteiger partial charge >= 0.3 is 0 Å². The van der Waals surface area contributed by atoms with Crippen LogP contribution in [0.3, 0.4) is 0 Å². The van der Waals surface area contributed by atoms with Crippen molar-refractivity contribution < 1.29 is 42.8 Å². The lowest BCUT2D eigenvalue weighted by Crippen LogP contribution is -3.00. The fraction of sp³-hybridized carbons (Fsp3) is 0.625. The standard InChI is InChI=1S/C32H50N2O3.HI/c1-4-6-7-8-9-10-11-12-13-14-15-16-17-18-24-37-30-22-21-29(25-31(30)36-3)32(35)33-26-28-20-19-23-34(5-2)27-28;/h19-23,25,27H,4-18,24,26H2,1-3H3;1H. The third kappa shape index (κ3) is 14.4. The lowest BCUT2D eigenvalue weighted by atomic mass is 10.0. The first kappa shape index (κ1) is 34.2. The summed E-state index contributed by atoms with van der Waals surface area (Å²) in [5.41, 5.74) is 1.64. The van der Waals surface area contributed by atoms with Crippen molar-refractivity contribution >= 4 is 5.91 Å². The monoisotopic (exact) mass is 638 g/mol. The van der Waals surface area contributed by atoms with Crippen LogP contribution in [0.1, 0.15) is 120 Å². The van der Waals surface area contributed by atoms with Crippen LogP contribution in [0, 0.1) is 0 Å². The molecule has 0 unspecified atom stereocenters. The van der Waals surface area contributed by atoms with E-state index in [0.717, 1.165) is 18.5 Å². The lowest BCUT2D eigenvalue weighted by molar-refractivity contribution is -0.694. The van der Waals surface area contributed by atoms with E-state index in [1.54, 1.807) is 19.2 Å². The summed E-state index contributed by atoms with van der Waals surface area (Å²) in [5.74, 6) is 1.17. The summed E-state index contributed by atoms with van der Waals surface area (Å²) >= 11 is 0. The number of nitrogens with zero attached hydrogens (tertiary/aromatic N) is 1. The van der Waals surface area contributed by atoms with Crippen LogP contribution < -0.4 is 43.3 Å². The molecule has 0 atom stereocenters. The molecule has 1 amide bonds. The Morgan fingerprint density at radius 1 is 0.816 bits per heavy atom. The van der Waals surface area contributed by atoms with Crippen LogP contribution in [-0.2, 0) is 13.1 Å². The summed E-state index contributed by atoms with van der Waals surface area (Å²) in [6.45, 7) is 6.43. The Labute approximate surface area is 249 Å². The zero-order chi connectivity index (χ0) is 26.6. The molecule has 0 radical (unpaired) electrons. The number of hydrogen-bond acceptors (Lipinski definition) is 3. The van der Waals surface area contributed by atoms with Gasteiger partial charge in [-0.05, 0) is 37.6 Å². The molecule has 0 aliphatic rings. The molecule has 38 heavy (non-hydrogen) atoms. The molecule has 1 heterocycles. The summed E-state index contributed by atoms with van der Waals surface area (Å²) < 4.78 is 13.6. The fourth-order valence-corrected chi connectivity index (χ4v) is 4.57. The second-order valence-corrected chi connectivity index (χ2v) is 10.0. The molecule has 2 rings (SSSR count). The average Bonchev–Trinajstić information content (AvgIpc) is 2.93. The molecule has 0 bridgehead atoms. The van der Waals surface area contributed by atoms with E-state index in [4.69, 9.17) is 9.47 Å². The average molecular weight is 639 g/mol. The maximum atomic E-state index is 12.6. The second kappa shape index (κ2) is 22.0. The Balaban J connectivity index is 0.00000722. The number of aromatic nitrogens is 1. The number of pyridine rings is 1. The van der Waals surface area contributed by atoms with Crippen molar-refractivity contribution in [3.05, 3.63) is 53.9 Å². The zero-order valence-electron chi connectivity index (χ0n) is 24.1. The van der Waals surface area contributed by atoms with Gasteiger partial charge in [-0.2, -0.15) is 0 Å². The topological polar surface area (TPSA) is 51.4 Å². The van der Waals surface area contributed by atoms with Gasteiger partial charge in [-0.15, -0.1) is 0 Å². The molecule has 6 heteroatoms. The second-order valence-electron chi connectivity index (χ2n) is 10.0. The Hall–Kier alpha value is -1.83. The van der Waals surface area contributed by atoms with Gasteiger partial charge in [-0.3, -0.25) is 4.79 Å². The van der Waals surface area contributed by atoms with Gasteiger partial charge in [0.15, 0.2) is 23.9 Å². The third-order valence-corrected chi connectivity index (χ3v) is 6.92. The van der Waals surface area contributed by atoms with E-state index >= 15 is 0 Å².